The maximum absolute atomic E-state index is 13.1. The monoisotopic (exact) mass is 244 g/mol. The average Bonchev–Trinajstić information content (AvgIpc) is 2.38. The molecule has 0 aliphatic rings. The summed E-state index contributed by atoms with van der Waals surface area (Å²) in [5.74, 6) is -1.67. The Kier molecular flexibility index (Phi) is 3.42. The van der Waals surface area contributed by atoms with Gasteiger partial charge in [-0.25, -0.2) is 4.39 Å². The van der Waals surface area contributed by atoms with Gasteiger partial charge in [-0.05, 0) is 35.7 Å². The van der Waals surface area contributed by atoms with Gasteiger partial charge in [0.25, 0.3) is 0 Å². The number of carboxylic acids is 1. The van der Waals surface area contributed by atoms with Gasteiger partial charge in [0.15, 0.2) is 0 Å². The Bertz CT molecular complexity index is 561. The molecule has 0 spiro atoms. The highest BCUT2D eigenvalue weighted by atomic mass is 19.1. The summed E-state index contributed by atoms with van der Waals surface area (Å²) in [4.78, 5) is 10.8. The zero-order valence-corrected chi connectivity index (χ0v) is 9.93. The third-order valence-corrected chi connectivity index (χ3v) is 2.94. The Morgan fingerprint density at radius 1 is 1.11 bits per heavy atom. The topological polar surface area (TPSA) is 37.3 Å². The van der Waals surface area contributed by atoms with Gasteiger partial charge in [0.05, 0.1) is 5.92 Å². The number of hydrogen-bond acceptors (Lipinski definition) is 1. The first-order valence-electron chi connectivity index (χ1n) is 5.66. The largest absolute Gasteiger partial charge is 0.481 e. The van der Waals surface area contributed by atoms with Crippen molar-refractivity contribution in [3.05, 3.63) is 59.9 Å². The lowest BCUT2D eigenvalue weighted by molar-refractivity contribution is -0.138. The van der Waals surface area contributed by atoms with Crippen LogP contribution in [0.2, 0.25) is 0 Å². The number of carbonyl (C=O) groups is 1. The molecule has 0 saturated heterocycles. The maximum atomic E-state index is 13.1. The minimum Gasteiger partial charge on any atom is -0.481 e. The summed E-state index contributed by atoms with van der Waals surface area (Å²) < 4.78 is 13.1. The van der Waals surface area contributed by atoms with Crippen molar-refractivity contribution in [3.8, 4) is 11.1 Å². The highest BCUT2D eigenvalue weighted by Crippen LogP contribution is 2.23. The van der Waals surface area contributed by atoms with Crippen molar-refractivity contribution < 1.29 is 14.3 Å². The van der Waals surface area contributed by atoms with E-state index in [1.54, 1.807) is 25.1 Å². The molecule has 18 heavy (non-hydrogen) atoms. The molecule has 2 nitrogen and oxygen atoms in total. The molecule has 0 radical (unpaired) electrons. The van der Waals surface area contributed by atoms with Crippen LogP contribution in [0, 0.1) is 5.82 Å². The fraction of sp³-hybridized carbons (Fsp3) is 0.133. The fourth-order valence-corrected chi connectivity index (χ4v) is 1.77. The Morgan fingerprint density at radius 3 is 2.33 bits per heavy atom. The third-order valence-electron chi connectivity index (χ3n) is 2.94. The number of hydrogen-bond donors (Lipinski definition) is 1. The van der Waals surface area contributed by atoms with Gasteiger partial charge in [0.2, 0.25) is 0 Å². The fourth-order valence-electron chi connectivity index (χ4n) is 1.77. The number of rotatable bonds is 3. The summed E-state index contributed by atoms with van der Waals surface area (Å²) in [6, 6.07) is 13.5. The maximum Gasteiger partial charge on any atom is 0.310 e. The van der Waals surface area contributed by atoms with E-state index in [1.807, 2.05) is 18.2 Å². The molecule has 0 bridgehead atoms. The van der Waals surface area contributed by atoms with E-state index < -0.39 is 11.9 Å². The van der Waals surface area contributed by atoms with E-state index in [1.165, 1.54) is 12.1 Å². The van der Waals surface area contributed by atoms with Gasteiger partial charge in [-0.1, -0.05) is 36.4 Å². The van der Waals surface area contributed by atoms with Gasteiger partial charge in [-0.3, -0.25) is 4.79 Å². The van der Waals surface area contributed by atoms with Gasteiger partial charge >= 0.3 is 5.97 Å². The minimum absolute atomic E-state index is 0.282. The minimum atomic E-state index is -0.853. The van der Waals surface area contributed by atoms with E-state index in [0.717, 1.165) is 16.7 Å². The number of aliphatic carboxylic acids is 1. The number of halogens is 1. The summed E-state index contributed by atoms with van der Waals surface area (Å²) in [7, 11) is 0. The number of benzene rings is 2. The molecule has 0 aliphatic heterocycles. The van der Waals surface area contributed by atoms with Crippen molar-refractivity contribution in [1.82, 2.24) is 0 Å². The van der Waals surface area contributed by atoms with Crippen LogP contribution in [0.15, 0.2) is 48.5 Å². The molecule has 0 aromatic heterocycles. The first kappa shape index (κ1) is 12.3. The molecule has 1 atom stereocenters. The zero-order chi connectivity index (χ0) is 13.1. The van der Waals surface area contributed by atoms with Gasteiger partial charge in [-0.2, -0.15) is 0 Å². The predicted molar refractivity (Wildman–Crippen MR) is 67.9 cm³/mol. The van der Waals surface area contributed by atoms with Crippen LogP contribution >= 0.6 is 0 Å². The van der Waals surface area contributed by atoms with Crippen LogP contribution in [0.25, 0.3) is 11.1 Å². The van der Waals surface area contributed by atoms with Crippen LogP contribution in [0.3, 0.4) is 0 Å². The smallest absolute Gasteiger partial charge is 0.310 e. The Balaban J connectivity index is 2.30. The standard InChI is InChI=1S/C15H13FO2/c1-10(15(17)18)11-5-7-12(8-6-11)13-3-2-4-14(16)9-13/h2-10H,1H3,(H,17,18). The molecule has 0 saturated carbocycles. The van der Waals surface area contributed by atoms with Crippen molar-refractivity contribution in [1.29, 1.82) is 0 Å². The van der Waals surface area contributed by atoms with Crippen molar-refractivity contribution in [2.24, 2.45) is 0 Å². The van der Waals surface area contributed by atoms with Gasteiger partial charge in [-0.15, -0.1) is 0 Å². The van der Waals surface area contributed by atoms with Gasteiger partial charge < -0.3 is 5.11 Å². The summed E-state index contributed by atoms with van der Waals surface area (Å²) in [6.07, 6.45) is 0. The molecular formula is C15H13FO2. The number of carboxylic acid groups (broad SMARTS) is 1. The van der Waals surface area contributed by atoms with Crippen LogP contribution < -0.4 is 0 Å². The normalized spacial score (nSPS) is 12.1. The molecule has 1 unspecified atom stereocenters. The van der Waals surface area contributed by atoms with Crippen molar-refractivity contribution in [2.45, 2.75) is 12.8 Å². The molecule has 0 amide bonds. The highest BCUT2D eigenvalue weighted by molar-refractivity contribution is 5.76. The summed E-state index contributed by atoms with van der Waals surface area (Å²) in [5.41, 5.74) is 2.39. The summed E-state index contributed by atoms with van der Waals surface area (Å²) >= 11 is 0. The molecule has 92 valence electrons. The van der Waals surface area contributed by atoms with E-state index in [0.29, 0.717) is 0 Å². The molecule has 0 heterocycles. The molecule has 2 aromatic rings. The molecule has 2 rings (SSSR count). The van der Waals surface area contributed by atoms with Crippen molar-refractivity contribution >= 4 is 5.97 Å². The third kappa shape index (κ3) is 2.56. The Morgan fingerprint density at radius 2 is 1.78 bits per heavy atom. The van der Waals surface area contributed by atoms with Crippen LogP contribution in [-0.2, 0) is 4.79 Å². The Labute approximate surface area is 105 Å². The van der Waals surface area contributed by atoms with Crippen LogP contribution in [-0.4, -0.2) is 11.1 Å². The first-order valence-corrected chi connectivity index (χ1v) is 5.66. The molecular weight excluding hydrogens is 231 g/mol. The molecule has 0 aliphatic carbocycles. The van der Waals surface area contributed by atoms with Crippen LogP contribution in [0.5, 0.6) is 0 Å². The van der Waals surface area contributed by atoms with Crippen LogP contribution in [0.4, 0.5) is 4.39 Å². The highest BCUT2D eigenvalue weighted by Gasteiger charge is 2.13. The first-order chi connectivity index (χ1) is 8.58. The molecule has 2 aromatic carbocycles. The molecule has 3 heteroatoms. The lowest BCUT2D eigenvalue weighted by Crippen LogP contribution is -2.06. The second-order valence-corrected chi connectivity index (χ2v) is 4.19. The van der Waals surface area contributed by atoms with E-state index in [2.05, 4.69) is 0 Å². The molecule has 1 N–H and O–H groups in total. The SMILES string of the molecule is CC(C(=O)O)c1ccc(-c2cccc(F)c2)cc1. The average molecular weight is 244 g/mol. The van der Waals surface area contributed by atoms with Crippen molar-refractivity contribution in [2.75, 3.05) is 0 Å². The quantitative estimate of drug-likeness (QED) is 0.894. The lowest BCUT2D eigenvalue weighted by Gasteiger charge is -2.08. The second-order valence-electron chi connectivity index (χ2n) is 4.19. The van der Waals surface area contributed by atoms with E-state index in [9.17, 15) is 9.18 Å². The lowest BCUT2D eigenvalue weighted by atomic mass is 9.98. The summed E-state index contributed by atoms with van der Waals surface area (Å²) in [5, 5.41) is 8.91. The van der Waals surface area contributed by atoms with E-state index >= 15 is 0 Å². The predicted octanol–water partition coefficient (Wildman–Crippen LogP) is 3.68. The molecule has 0 fully saturated rings. The van der Waals surface area contributed by atoms with Gasteiger partial charge in [0, 0.05) is 0 Å². The second kappa shape index (κ2) is 5.00. The summed E-state index contributed by atoms with van der Waals surface area (Å²) in [6.45, 7) is 1.64. The van der Waals surface area contributed by atoms with E-state index in [4.69, 9.17) is 5.11 Å². The van der Waals surface area contributed by atoms with Crippen molar-refractivity contribution in [3.63, 3.8) is 0 Å². The van der Waals surface area contributed by atoms with E-state index in [-0.39, 0.29) is 5.82 Å². The van der Waals surface area contributed by atoms with Gasteiger partial charge in [0.1, 0.15) is 5.82 Å². The Hall–Kier alpha value is -2.16. The van der Waals surface area contributed by atoms with Crippen LogP contribution in [0.1, 0.15) is 18.4 Å². The zero-order valence-electron chi connectivity index (χ0n) is 9.93.